The second-order valence-corrected chi connectivity index (χ2v) is 5.58. The first-order valence-corrected chi connectivity index (χ1v) is 7.17. The van der Waals surface area contributed by atoms with Crippen molar-refractivity contribution in [1.82, 2.24) is 0 Å². The van der Waals surface area contributed by atoms with E-state index in [2.05, 4.69) is 6.07 Å². The molecule has 3 rings (SSSR count). The van der Waals surface area contributed by atoms with Crippen molar-refractivity contribution in [2.75, 3.05) is 13.2 Å². The molecule has 0 spiro atoms. The van der Waals surface area contributed by atoms with Gasteiger partial charge in [0, 0.05) is 10.6 Å². The van der Waals surface area contributed by atoms with Crippen LogP contribution < -0.4 is 18.9 Å². The summed E-state index contributed by atoms with van der Waals surface area (Å²) in [7, 11) is 0. The average Bonchev–Trinajstić information content (AvgIpc) is 2.93. The van der Waals surface area contributed by atoms with E-state index >= 15 is 0 Å². The predicted octanol–water partition coefficient (Wildman–Crippen LogP) is 1.70. The van der Waals surface area contributed by atoms with E-state index in [1.54, 1.807) is 24.3 Å². The average molecular weight is 336 g/mol. The monoisotopic (exact) mass is 334 g/mol. The molecule has 1 aliphatic heterocycles. The number of hydrogen-bond acceptors (Lipinski definition) is 2. The number of ether oxygens (including phenoxy) is 2. The molecule has 0 aromatic heterocycles. The van der Waals surface area contributed by atoms with Crippen molar-refractivity contribution in [3.8, 4) is 0 Å². The van der Waals surface area contributed by atoms with E-state index in [9.17, 15) is 0 Å². The standard InChI is InChI=1S/C15H10Cl3O2.Li/c16-12-4-1-10(2-5-12)15(19-7-8-20-15)11-3-6-13(17)14(18)9-11;/h1-6H,7-8H2;/q-1;+1. The first kappa shape index (κ1) is 17.2. The largest absolute Gasteiger partial charge is 1.00 e. The summed E-state index contributed by atoms with van der Waals surface area (Å²) in [5, 5.41) is 1.44. The van der Waals surface area contributed by atoms with E-state index in [0.717, 1.165) is 5.56 Å². The van der Waals surface area contributed by atoms with Gasteiger partial charge in [0.2, 0.25) is 0 Å². The maximum atomic E-state index is 6.05. The maximum Gasteiger partial charge on any atom is 1.00 e. The van der Waals surface area contributed by atoms with Gasteiger partial charge < -0.3 is 9.47 Å². The van der Waals surface area contributed by atoms with Crippen LogP contribution in [0.15, 0.2) is 36.4 Å². The van der Waals surface area contributed by atoms with Crippen LogP contribution in [-0.4, -0.2) is 13.2 Å². The molecule has 1 fully saturated rings. The third-order valence-corrected chi connectivity index (χ3v) is 4.09. The summed E-state index contributed by atoms with van der Waals surface area (Å²) in [5.74, 6) is -1.00. The summed E-state index contributed by atoms with van der Waals surface area (Å²) in [6.07, 6.45) is 0. The van der Waals surface area contributed by atoms with Crippen molar-refractivity contribution in [3.05, 3.63) is 68.7 Å². The zero-order chi connectivity index (χ0) is 14.2. The SMILES string of the molecule is Clc1ccc(C2(c3[c-]c(Cl)c(Cl)cc3)OCCO2)cc1.[Li+]. The van der Waals surface area contributed by atoms with Crippen molar-refractivity contribution in [2.24, 2.45) is 0 Å². The van der Waals surface area contributed by atoms with Crippen LogP contribution in [0.2, 0.25) is 15.1 Å². The van der Waals surface area contributed by atoms with Gasteiger partial charge in [-0.15, -0.1) is 11.6 Å². The Morgan fingerprint density at radius 1 is 0.905 bits per heavy atom. The van der Waals surface area contributed by atoms with Gasteiger partial charge in [-0.25, -0.2) is 0 Å². The molecule has 1 heterocycles. The van der Waals surface area contributed by atoms with Gasteiger partial charge in [-0.2, -0.15) is 29.8 Å². The van der Waals surface area contributed by atoms with Crippen LogP contribution in [0, 0.1) is 6.07 Å². The first-order valence-electron chi connectivity index (χ1n) is 6.03. The molecule has 104 valence electrons. The zero-order valence-corrected chi connectivity index (χ0v) is 13.6. The van der Waals surface area contributed by atoms with Gasteiger partial charge >= 0.3 is 18.9 Å². The van der Waals surface area contributed by atoms with Gasteiger partial charge in [0.15, 0.2) is 5.79 Å². The molecule has 2 aromatic carbocycles. The van der Waals surface area contributed by atoms with E-state index < -0.39 is 5.79 Å². The molecule has 0 bridgehead atoms. The smallest absolute Gasteiger partial charge is 0.341 e. The molecule has 2 aromatic rings. The van der Waals surface area contributed by atoms with E-state index in [1.165, 1.54) is 0 Å². The Kier molecular flexibility index (Phi) is 5.68. The van der Waals surface area contributed by atoms with Crippen molar-refractivity contribution >= 4 is 34.8 Å². The molecule has 21 heavy (non-hydrogen) atoms. The minimum Gasteiger partial charge on any atom is -0.341 e. The van der Waals surface area contributed by atoms with Crippen LogP contribution in [0.3, 0.4) is 0 Å². The van der Waals surface area contributed by atoms with E-state index in [1.807, 2.05) is 12.1 Å². The van der Waals surface area contributed by atoms with Gasteiger partial charge in [-0.3, -0.25) is 0 Å². The summed E-state index contributed by atoms with van der Waals surface area (Å²) >= 11 is 17.9. The van der Waals surface area contributed by atoms with E-state index in [-0.39, 0.29) is 18.9 Å². The summed E-state index contributed by atoms with van der Waals surface area (Å²) in [6, 6.07) is 13.8. The minimum atomic E-state index is -1.00. The second-order valence-electron chi connectivity index (χ2n) is 4.35. The first-order chi connectivity index (χ1) is 9.62. The topological polar surface area (TPSA) is 18.5 Å². The fourth-order valence-electron chi connectivity index (χ4n) is 2.20. The Labute approximate surface area is 150 Å². The third-order valence-electron chi connectivity index (χ3n) is 3.12. The number of hydrogen-bond donors (Lipinski definition) is 0. The Morgan fingerprint density at radius 2 is 1.52 bits per heavy atom. The maximum absolute atomic E-state index is 6.05. The van der Waals surface area contributed by atoms with Crippen LogP contribution in [-0.2, 0) is 15.3 Å². The van der Waals surface area contributed by atoms with Gasteiger partial charge in [0.05, 0.1) is 13.2 Å². The van der Waals surface area contributed by atoms with Crippen LogP contribution in [0.25, 0.3) is 0 Å². The Balaban J connectivity index is 0.00000161. The minimum absolute atomic E-state index is 0. The Morgan fingerprint density at radius 3 is 2.10 bits per heavy atom. The molecule has 0 saturated carbocycles. The normalized spacial score (nSPS) is 16.5. The van der Waals surface area contributed by atoms with Crippen LogP contribution in [0.5, 0.6) is 0 Å². The number of rotatable bonds is 2. The Hall–Kier alpha value is -0.173. The molecule has 0 amide bonds. The summed E-state index contributed by atoms with van der Waals surface area (Å²) < 4.78 is 11.7. The van der Waals surface area contributed by atoms with E-state index in [0.29, 0.717) is 33.8 Å². The molecule has 0 radical (unpaired) electrons. The molecule has 1 aliphatic rings. The van der Waals surface area contributed by atoms with Gasteiger partial charge in [-0.05, 0) is 12.1 Å². The van der Waals surface area contributed by atoms with Crippen LogP contribution in [0.4, 0.5) is 0 Å². The number of halogens is 3. The van der Waals surface area contributed by atoms with E-state index in [4.69, 9.17) is 44.3 Å². The molecule has 2 nitrogen and oxygen atoms in total. The molecular weight excluding hydrogens is 325 g/mol. The summed E-state index contributed by atoms with van der Waals surface area (Å²) in [6.45, 7) is 0.993. The second kappa shape index (κ2) is 6.94. The molecular formula is C15H10Cl3LiO2. The fourth-order valence-corrected chi connectivity index (χ4v) is 2.60. The van der Waals surface area contributed by atoms with Gasteiger partial charge in [-0.1, -0.05) is 39.3 Å². The molecule has 0 aliphatic carbocycles. The van der Waals surface area contributed by atoms with Crippen molar-refractivity contribution in [2.45, 2.75) is 5.79 Å². The van der Waals surface area contributed by atoms with Crippen molar-refractivity contribution in [3.63, 3.8) is 0 Å². The summed E-state index contributed by atoms with van der Waals surface area (Å²) in [4.78, 5) is 0. The predicted molar refractivity (Wildman–Crippen MR) is 79.4 cm³/mol. The molecule has 1 saturated heterocycles. The Bertz CT molecular complexity index is 625. The molecule has 0 N–H and O–H groups in total. The van der Waals surface area contributed by atoms with Crippen LogP contribution >= 0.6 is 34.8 Å². The van der Waals surface area contributed by atoms with Crippen molar-refractivity contribution in [1.29, 1.82) is 0 Å². The zero-order valence-electron chi connectivity index (χ0n) is 11.3. The van der Waals surface area contributed by atoms with Gasteiger partial charge in [0.25, 0.3) is 0 Å². The molecule has 6 heteroatoms. The molecule has 0 atom stereocenters. The summed E-state index contributed by atoms with van der Waals surface area (Å²) in [5.41, 5.74) is 1.53. The van der Waals surface area contributed by atoms with Gasteiger partial charge in [0.1, 0.15) is 0 Å². The van der Waals surface area contributed by atoms with Crippen LogP contribution in [0.1, 0.15) is 11.1 Å². The fraction of sp³-hybridized carbons (Fsp3) is 0.200. The number of benzene rings is 2. The third kappa shape index (κ3) is 3.28. The van der Waals surface area contributed by atoms with Crippen molar-refractivity contribution < 1.29 is 28.3 Å². The molecule has 0 unspecified atom stereocenters. The quantitative estimate of drug-likeness (QED) is 0.614.